The predicted molar refractivity (Wildman–Crippen MR) is 68.8 cm³/mol. The second kappa shape index (κ2) is 6.30. The van der Waals surface area contributed by atoms with Crippen LogP contribution in [-0.2, 0) is 9.59 Å². The lowest BCUT2D eigenvalue weighted by molar-refractivity contribution is -0.123. The Morgan fingerprint density at radius 1 is 1.29 bits per heavy atom. The SMILES string of the molecule is Cc1ccc(SCC(=O)NCC(N)=O)cc1C. The summed E-state index contributed by atoms with van der Waals surface area (Å²) in [5.41, 5.74) is 7.35. The number of hydrogen-bond acceptors (Lipinski definition) is 3. The molecule has 4 nitrogen and oxygen atoms in total. The molecule has 92 valence electrons. The van der Waals surface area contributed by atoms with Crippen LogP contribution in [0, 0.1) is 13.8 Å². The zero-order chi connectivity index (χ0) is 12.8. The van der Waals surface area contributed by atoms with Crippen molar-refractivity contribution < 1.29 is 9.59 Å². The molecule has 1 rings (SSSR count). The van der Waals surface area contributed by atoms with Crippen molar-refractivity contribution in [3.63, 3.8) is 0 Å². The first kappa shape index (κ1) is 13.6. The molecule has 0 aliphatic carbocycles. The summed E-state index contributed by atoms with van der Waals surface area (Å²) in [6.45, 7) is 3.97. The summed E-state index contributed by atoms with van der Waals surface area (Å²) in [6.07, 6.45) is 0. The minimum Gasteiger partial charge on any atom is -0.368 e. The highest BCUT2D eigenvalue weighted by atomic mass is 32.2. The molecule has 0 aliphatic rings. The first-order chi connectivity index (χ1) is 7.99. The van der Waals surface area contributed by atoms with Crippen LogP contribution in [0.3, 0.4) is 0 Å². The summed E-state index contributed by atoms with van der Waals surface area (Å²) < 4.78 is 0. The van der Waals surface area contributed by atoms with Gasteiger partial charge in [-0.25, -0.2) is 0 Å². The number of carbonyl (C=O) groups excluding carboxylic acids is 2. The van der Waals surface area contributed by atoms with Gasteiger partial charge in [-0.3, -0.25) is 9.59 Å². The topological polar surface area (TPSA) is 72.2 Å². The van der Waals surface area contributed by atoms with Crippen LogP contribution in [0.2, 0.25) is 0 Å². The first-order valence-corrected chi connectivity index (χ1v) is 6.22. The smallest absolute Gasteiger partial charge is 0.236 e. The number of carbonyl (C=O) groups is 2. The quantitative estimate of drug-likeness (QED) is 0.768. The van der Waals surface area contributed by atoms with Crippen molar-refractivity contribution in [3.05, 3.63) is 29.3 Å². The van der Waals surface area contributed by atoms with Gasteiger partial charge in [0.25, 0.3) is 0 Å². The van der Waals surface area contributed by atoms with Crippen LogP contribution in [0.4, 0.5) is 0 Å². The van der Waals surface area contributed by atoms with Crippen molar-refractivity contribution in [2.75, 3.05) is 12.3 Å². The molecule has 0 bridgehead atoms. The minimum atomic E-state index is -0.533. The Labute approximate surface area is 105 Å². The van der Waals surface area contributed by atoms with Gasteiger partial charge < -0.3 is 11.1 Å². The number of nitrogens with one attached hydrogen (secondary N) is 1. The molecule has 0 saturated heterocycles. The lowest BCUT2D eigenvalue weighted by atomic mass is 10.1. The molecule has 0 radical (unpaired) electrons. The number of amides is 2. The number of rotatable bonds is 5. The molecule has 5 heteroatoms. The number of hydrogen-bond donors (Lipinski definition) is 2. The van der Waals surface area contributed by atoms with Crippen LogP contribution >= 0.6 is 11.8 Å². The highest BCUT2D eigenvalue weighted by Gasteiger charge is 2.04. The zero-order valence-corrected chi connectivity index (χ0v) is 10.8. The Bertz CT molecular complexity index is 433. The maximum Gasteiger partial charge on any atom is 0.236 e. The second-order valence-corrected chi connectivity index (χ2v) is 4.83. The van der Waals surface area contributed by atoms with Gasteiger partial charge in [0.1, 0.15) is 0 Å². The average Bonchev–Trinajstić information content (AvgIpc) is 2.28. The molecule has 0 atom stereocenters. The van der Waals surface area contributed by atoms with Gasteiger partial charge in [-0.05, 0) is 37.1 Å². The fraction of sp³-hybridized carbons (Fsp3) is 0.333. The van der Waals surface area contributed by atoms with Crippen molar-refractivity contribution in [2.45, 2.75) is 18.7 Å². The molecule has 0 saturated carbocycles. The van der Waals surface area contributed by atoms with Crippen LogP contribution in [0.5, 0.6) is 0 Å². The zero-order valence-electron chi connectivity index (χ0n) is 9.95. The Kier molecular flexibility index (Phi) is 5.03. The molecule has 0 spiro atoms. The van der Waals surface area contributed by atoms with Crippen molar-refractivity contribution in [1.29, 1.82) is 0 Å². The Morgan fingerprint density at radius 3 is 2.59 bits per heavy atom. The van der Waals surface area contributed by atoms with E-state index in [4.69, 9.17) is 5.73 Å². The predicted octanol–water partition coefficient (Wildman–Crippen LogP) is 0.997. The standard InChI is InChI=1S/C12H16N2O2S/c1-8-3-4-10(5-9(8)2)17-7-12(16)14-6-11(13)15/h3-5H,6-7H2,1-2H3,(H2,13,15)(H,14,16). The molecular weight excluding hydrogens is 236 g/mol. The van der Waals surface area contributed by atoms with Crippen LogP contribution in [0.1, 0.15) is 11.1 Å². The van der Waals surface area contributed by atoms with E-state index in [1.807, 2.05) is 32.0 Å². The van der Waals surface area contributed by atoms with Crippen molar-refractivity contribution >= 4 is 23.6 Å². The molecule has 0 aromatic heterocycles. The van der Waals surface area contributed by atoms with E-state index in [0.717, 1.165) is 4.90 Å². The third-order valence-electron chi connectivity index (χ3n) is 2.31. The van der Waals surface area contributed by atoms with Gasteiger partial charge >= 0.3 is 0 Å². The van der Waals surface area contributed by atoms with Gasteiger partial charge in [-0.1, -0.05) is 6.07 Å². The lowest BCUT2D eigenvalue weighted by Crippen LogP contribution is -2.34. The fourth-order valence-electron chi connectivity index (χ4n) is 1.19. The third kappa shape index (κ3) is 4.91. The molecule has 1 aromatic carbocycles. The molecule has 2 amide bonds. The van der Waals surface area contributed by atoms with Crippen LogP contribution in [0.25, 0.3) is 0 Å². The Morgan fingerprint density at radius 2 is 2.00 bits per heavy atom. The van der Waals surface area contributed by atoms with Gasteiger partial charge in [-0.15, -0.1) is 11.8 Å². The molecule has 0 aliphatic heterocycles. The highest BCUT2D eigenvalue weighted by molar-refractivity contribution is 8.00. The lowest BCUT2D eigenvalue weighted by Gasteiger charge is -2.05. The molecule has 0 fully saturated rings. The van der Waals surface area contributed by atoms with E-state index in [1.54, 1.807) is 0 Å². The molecule has 1 aromatic rings. The first-order valence-electron chi connectivity index (χ1n) is 5.24. The summed E-state index contributed by atoms with van der Waals surface area (Å²) >= 11 is 1.44. The van der Waals surface area contributed by atoms with Crippen molar-refractivity contribution in [3.8, 4) is 0 Å². The number of aryl methyl sites for hydroxylation is 2. The van der Waals surface area contributed by atoms with Gasteiger partial charge in [0.15, 0.2) is 0 Å². The van der Waals surface area contributed by atoms with E-state index in [9.17, 15) is 9.59 Å². The summed E-state index contributed by atoms with van der Waals surface area (Å²) in [5, 5.41) is 2.44. The number of thioether (sulfide) groups is 1. The molecule has 0 unspecified atom stereocenters. The van der Waals surface area contributed by atoms with Gasteiger partial charge in [-0.2, -0.15) is 0 Å². The van der Waals surface area contributed by atoms with Gasteiger partial charge in [0.05, 0.1) is 12.3 Å². The third-order valence-corrected chi connectivity index (χ3v) is 3.30. The van der Waals surface area contributed by atoms with Crippen LogP contribution in [-0.4, -0.2) is 24.1 Å². The summed E-state index contributed by atoms with van der Waals surface area (Å²) in [7, 11) is 0. The summed E-state index contributed by atoms with van der Waals surface area (Å²) in [4.78, 5) is 22.8. The normalized spacial score (nSPS) is 10.0. The van der Waals surface area contributed by atoms with E-state index < -0.39 is 5.91 Å². The maximum atomic E-state index is 11.3. The monoisotopic (exact) mass is 252 g/mol. The molecule has 17 heavy (non-hydrogen) atoms. The van der Waals surface area contributed by atoms with E-state index in [0.29, 0.717) is 0 Å². The number of nitrogens with two attached hydrogens (primary N) is 1. The van der Waals surface area contributed by atoms with Crippen molar-refractivity contribution in [2.24, 2.45) is 5.73 Å². The van der Waals surface area contributed by atoms with E-state index >= 15 is 0 Å². The molecular formula is C12H16N2O2S. The summed E-state index contributed by atoms with van der Waals surface area (Å²) in [5.74, 6) is -0.433. The molecule has 3 N–H and O–H groups in total. The van der Waals surface area contributed by atoms with Crippen LogP contribution in [0.15, 0.2) is 23.1 Å². The van der Waals surface area contributed by atoms with E-state index in [-0.39, 0.29) is 18.2 Å². The van der Waals surface area contributed by atoms with Gasteiger partial charge in [0, 0.05) is 4.90 Å². The number of benzene rings is 1. The van der Waals surface area contributed by atoms with Crippen LogP contribution < -0.4 is 11.1 Å². The second-order valence-electron chi connectivity index (χ2n) is 3.78. The Hall–Kier alpha value is -1.49. The van der Waals surface area contributed by atoms with Crippen molar-refractivity contribution in [1.82, 2.24) is 5.32 Å². The minimum absolute atomic E-state index is 0.105. The average molecular weight is 252 g/mol. The largest absolute Gasteiger partial charge is 0.368 e. The van der Waals surface area contributed by atoms with E-state index in [2.05, 4.69) is 5.32 Å². The fourth-order valence-corrected chi connectivity index (χ4v) is 2.01. The highest BCUT2D eigenvalue weighted by Crippen LogP contribution is 2.20. The molecule has 0 heterocycles. The van der Waals surface area contributed by atoms with E-state index in [1.165, 1.54) is 22.9 Å². The number of primary amides is 1. The van der Waals surface area contributed by atoms with Gasteiger partial charge in [0.2, 0.25) is 11.8 Å². The maximum absolute atomic E-state index is 11.3. The Balaban J connectivity index is 2.42. The summed E-state index contributed by atoms with van der Waals surface area (Å²) in [6, 6.07) is 6.05.